The number of benzene rings is 3. The molecule has 4 heterocycles. The smallest absolute Gasteiger partial charge is 0.870 e. The van der Waals surface area contributed by atoms with Crippen LogP contribution in [0.2, 0.25) is 10.0 Å². The molecule has 3 aromatic carbocycles. The number of H-pyrrole nitrogens is 1. The van der Waals surface area contributed by atoms with Gasteiger partial charge in [-0.05, 0) is 101 Å². The molecule has 4 aliphatic carbocycles. The Hall–Kier alpha value is -5.20. The van der Waals surface area contributed by atoms with Gasteiger partial charge < -0.3 is 36.3 Å². The Morgan fingerprint density at radius 2 is 1.05 bits per heavy atom. The van der Waals surface area contributed by atoms with Crippen molar-refractivity contribution in [2.75, 3.05) is 10.6 Å². The van der Waals surface area contributed by atoms with E-state index in [1.165, 1.54) is 25.7 Å². The quantitative estimate of drug-likeness (QED) is 0.0771. The van der Waals surface area contributed by atoms with Gasteiger partial charge in [-0.2, -0.15) is 8.42 Å². The van der Waals surface area contributed by atoms with Crippen LogP contribution in [0, 0.1) is 11.8 Å². The second kappa shape index (κ2) is 28.1. The van der Waals surface area contributed by atoms with E-state index >= 15 is 0 Å². The predicted molar refractivity (Wildman–Crippen MR) is 291 cm³/mol. The van der Waals surface area contributed by atoms with E-state index in [-0.39, 0.29) is 90.3 Å². The molecule has 15 nitrogen and oxygen atoms in total. The van der Waals surface area contributed by atoms with Crippen LogP contribution >= 0.6 is 23.2 Å². The molecule has 0 saturated heterocycles. The number of hydrogen-bond donors (Lipinski definition) is 5. The fourth-order valence-corrected chi connectivity index (χ4v) is 11.4. The maximum absolute atomic E-state index is 12.7. The van der Waals surface area contributed by atoms with Gasteiger partial charge in [0.1, 0.15) is 0 Å². The number of aromatic nitrogens is 6. The molecule has 6 N–H and O–H groups in total. The van der Waals surface area contributed by atoms with Gasteiger partial charge in [0.2, 0.25) is 23.7 Å². The van der Waals surface area contributed by atoms with Crippen molar-refractivity contribution in [3.63, 3.8) is 0 Å². The first-order chi connectivity index (χ1) is 34.7. The standard InChI is InChI=1S/C30H32ClN5O.C24H28ClN5O.CH4.Na.O2S.H2O/c31-26-18-32-30(34-22-12-8-11-21(17-22)33-29(37)20-9-4-5-10-20)35-28(26)25-19-36(23-13-2-1-3-14-23)27-16-7-6-15-24(25)27;25-20-14-27-24(30-22(20)19-13-26-21-11-4-3-10-18(19)21)29-17-9-5-8-16(12-17)28-23(31)15-6-1-2-7-15;;;1-3-2;/h1-3,6-7,13-16,18-22H,4-5,8-12,17H2,(H,33,37)(H,32,34,35);3-4,10-11,13-17,26H,1-2,5-9,12H2,(H,28,31)(H,27,29,30);1H4;;;1H2/q;;;+1;;/p-1/t21-,22+;16-,17+;;;;/m00..../s1. The van der Waals surface area contributed by atoms with Gasteiger partial charge in [0.05, 0.1) is 39.3 Å². The zero-order valence-electron chi connectivity index (χ0n) is 41.1. The predicted octanol–water partition coefficient (Wildman–Crippen LogP) is 8.87. The molecule has 19 heteroatoms. The topological polar surface area (TPSA) is 219 Å². The van der Waals surface area contributed by atoms with Gasteiger partial charge in [0, 0.05) is 81.5 Å². The van der Waals surface area contributed by atoms with Gasteiger partial charge in [-0.3, -0.25) is 9.59 Å². The maximum Gasteiger partial charge on any atom is 1.00 e. The fraction of sp³-hybridized carbons (Fsp3) is 0.418. The van der Waals surface area contributed by atoms with Crippen molar-refractivity contribution in [1.29, 1.82) is 0 Å². The van der Waals surface area contributed by atoms with Gasteiger partial charge >= 0.3 is 41.1 Å². The minimum atomic E-state index is -0.750. The van der Waals surface area contributed by atoms with E-state index < -0.39 is 11.6 Å². The van der Waals surface area contributed by atoms with Crippen molar-refractivity contribution in [2.24, 2.45) is 11.8 Å². The largest absolute Gasteiger partial charge is 1.00 e. The number of fused-ring (bicyclic) bond motifs is 2. The summed E-state index contributed by atoms with van der Waals surface area (Å²) in [5.41, 5.74) is 6.61. The summed E-state index contributed by atoms with van der Waals surface area (Å²) in [6.07, 6.45) is 24.3. The second-order valence-corrected chi connectivity index (χ2v) is 20.2. The summed E-state index contributed by atoms with van der Waals surface area (Å²) in [6, 6.07) is 27.6. The van der Waals surface area contributed by atoms with E-state index in [0.717, 1.165) is 121 Å². The van der Waals surface area contributed by atoms with E-state index in [2.05, 4.69) is 77.3 Å². The Labute approximate surface area is 468 Å². The zero-order valence-corrected chi connectivity index (χ0v) is 45.4. The number of amides is 2. The van der Waals surface area contributed by atoms with Gasteiger partial charge in [0.15, 0.2) is 0 Å². The number of nitrogens with zero attached hydrogens (tertiary/aromatic N) is 5. The number of carbonyl (C=O) groups is 2. The molecule has 0 aliphatic heterocycles. The van der Waals surface area contributed by atoms with Crippen LogP contribution in [0.25, 0.3) is 50.0 Å². The summed E-state index contributed by atoms with van der Waals surface area (Å²) in [7, 11) is 0. The Morgan fingerprint density at radius 3 is 1.59 bits per heavy atom. The molecule has 4 saturated carbocycles. The molecule has 0 radical (unpaired) electrons. The molecule has 4 atom stereocenters. The molecule has 0 spiro atoms. The van der Waals surface area contributed by atoms with Crippen LogP contribution in [0.4, 0.5) is 11.9 Å². The van der Waals surface area contributed by atoms with Crippen LogP contribution in [-0.2, 0) is 21.2 Å². The molecule has 0 unspecified atom stereocenters. The van der Waals surface area contributed by atoms with Gasteiger partial charge in [-0.1, -0.05) is 111 Å². The van der Waals surface area contributed by atoms with Gasteiger partial charge in [-0.25, -0.2) is 19.9 Å². The van der Waals surface area contributed by atoms with Crippen LogP contribution in [0.5, 0.6) is 0 Å². The number of hydrogen-bond acceptors (Lipinski definition) is 11. The van der Waals surface area contributed by atoms with Crippen molar-refractivity contribution in [1.82, 2.24) is 40.1 Å². The Kier molecular flexibility index (Phi) is 22.0. The maximum atomic E-state index is 12.7. The third kappa shape index (κ3) is 14.4. The third-order valence-corrected chi connectivity index (χ3v) is 15.0. The molecule has 4 aliphatic rings. The summed E-state index contributed by atoms with van der Waals surface area (Å²) >= 11 is 12.4. The van der Waals surface area contributed by atoms with Crippen LogP contribution in [0.3, 0.4) is 0 Å². The number of rotatable bonds is 11. The summed E-state index contributed by atoms with van der Waals surface area (Å²) < 4.78 is 18.8. The monoisotopic (exact) mass is 1070 g/mol. The van der Waals surface area contributed by atoms with E-state index in [1.807, 2.05) is 54.7 Å². The van der Waals surface area contributed by atoms with Crippen molar-refractivity contribution >= 4 is 80.3 Å². The fourth-order valence-electron chi connectivity index (χ4n) is 11.0. The number of halogens is 2. The number of aromatic amines is 1. The molecule has 386 valence electrons. The molecule has 2 amide bonds. The Morgan fingerprint density at radius 1 is 0.595 bits per heavy atom. The van der Waals surface area contributed by atoms with Gasteiger partial charge in [0.25, 0.3) is 0 Å². The second-order valence-electron chi connectivity index (χ2n) is 19.3. The molecule has 4 fully saturated rings. The first-order valence-electron chi connectivity index (χ1n) is 25.1. The van der Waals surface area contributed by atoms with Crippen LogP contribution < -0.4 is 50.8 Å². The van der Waals surface area contributed by atoms with Crippen LogP contribution in [-0.4, -0.2) is 79.4 Å². The SMILES string of the molecule is C.O=C(N[C@H]1CCC[C@@H](Nc2ncc(Cl)c(-c3c[nH]c4ccccc34)n2)C1)C1CCCC1.O=C(N[C@H]1CCC[C@@H](Nc2ncc(Cl)c(-c3cn(-c4ccccc4)c4ccccc34)n2)C1)C1CCCC1.O=S=O.[Na+].[OH-]. The van der Waals surface area contributed by atoms with E-state index in [1.54, 1.807) is 12.4 Å². The first-order valence-corrected chi connectivity index (χ1v) is 26.5. The third-order valence-electron chi connectivity index (χ3n) is 14.5. The molecule has 0 bridgehead atoms. The summed E-state index contributed by atoms with van der Waals surface area (Å²) in [6.45, 7) is 0. The molecule has 74 heavy (non-hydrogen) atoms. The van der Waals surface area contributed by atoms with Crippen molar-refractivity contribution in [3.05, 3.63) is 114 Å². The molecular weight excluding hydrogens is 1010 g/mol. The van der Waals surface area contributed by atoms with Gasteiger partial charge in [-0.15, -0.1) is 0 Å². The van der Waals surface area contributed by atoms with Crippen molar-refractivity contribution < 1.29 is 53.0 Å². The molecule has 4 aromatic heterocycles. The summed E-state index contributed by atoms with van der Waals surface area (Å²) in [5.74, 6) is 2.05. The van der Waals surface area contributed by atoms with E-state index in [0.29, 0.717) is 27.6 Å². The molecule has 7 aromatic rings. The van der Waals surface area contributed by atoms with E-state index in [9.17, 15) is 9.59 Å². The van der Waals surface area contributed by atoms with Crippen LogP contribution in [0.15, 0.2) is 104 Å². The van der Waals surface area contributed by atoms with Crippen molar-refractivity contribution in [2.45, 2.75) is 134 Å². The zero-order chi connectivity index (χ0) is 49.1. The number of anilines is 2. The minimum Gasteiger partial charge on any atom is -0.870 e. The average Bonchev–Trinajstić information content (AvgIpc) is 4.25. The summed E-state index contributed by atoms with van der Waals surface area (Å²) in [4.78, 5) is 47.0. The number of nitrogens with one attached hydrogen (secondary N) is 5. The number of carbonyl (C=O) groups excluding carboxylic acids is 2. The summed E-state index contributed by atoms with van der Waals surface area (Å²) in [5, 5.41) is 16.9. The molecule has 11 rings (SSSR count). The number of para-hydroxylation sites is 3. The Bertz CT molecular complexity index is 2980. The minimum absolute atomic E-state index is 0. The first kappa shape index (κ1) is 58.1. The normalized spacial score (nSPS) is 19.5. The Balaban J connectivity index is 0.000000223. The average molecular weight is 1070 g/mol. The van der Waals surface area contributed by atoms with E-state index in [4.69, 9.17) is 41.6 Å². The van der Waals surface area contributed by atoms with Crippen LogP contribution in [0.1, 0.15) is 110 Å². The molecular formula is C55H65Cl2N10NaO5S. The van der Waals surface area contributed by atoms with Crippen molar-refractivity contribution in [3.8, 4) is 28.2 Å².